The Hall–Kier alpha value is -3.02. The Morgan fingerprint density at radius 1 is 1.24 bits per heavy atom. The summed E-state index contributed by atoms with van der Waals surface area (Å²) in [7, 11) is 0. The fourth-order valence-corrected chi connectivity index (χ4v) is 4.23. The molecule has 1 unspecified atom stereocenters. The average molecular weight is 390 g/mol. The van der Waals surface area contributed by atoms with Gasteiger partial charge in [-0.25, -0.2) is 4.98 Å². The van der Waals surface area contributed by atoms with Crippen LogP contribution in [0.3, 0.4) is 0 Å². The van der Waals surface area contributed by atoms with E-state index in [1.807, 2.05) is 29.3 Å². The van der Waals surface area contributed by atoms with Crippen molar-refractivity contribution >= 4 is 5.91 Å². The van der Waals surface area contributed by atoms with E-state index in [0.717, 1.165) is 43.4 Å². The predicted octanol–water partition coefficient (Wildman–Crippen LogP) is 4.84. The molecule has 1 aliphatic carbocycles. The second kappa shape index (κ2) is 8.55. The summed E-state index contributed by atoms with van der Waals surface area (Å²) in [5.74, 6) is 0.314. The molecule has 4 rings (SSSR count). The zero-order valence-corrected chi connectivity index (χ0v) is 16.9. The van der Waals surface area contributed by atoms with Crippen LogP contribution in [0, 0.1) is 0 Å². The topological polar surface area (TPSA) is 72.1 Å². The van der Waals surface area contributed by atoms with Gasteiger partial charge in [-0.05, 0) is 55.9 Å². The Morgan fingerprint density at radius 2 is 2.07 bits per heavy atom. The lowest BCUT2D eigenvalue weighted by molar-refractivity contribution is 0.0513. The van der Waals surface area contributed by atoms with Crippen molar-refractivity contribution in [1.29, 1.82) is 0 Å². The Morgan fingerprint density at radius 3 is 2.83 bits per heavy atom. The minimum absolute atomic E-state index is 0.0316. The van der Waals surface area contributed by atoms with Gasteiger partial charge in [-0.15, -0.1) is 0 Å². The highest BCUT2D eigenvalue weighted by Gasteiger charge is 2.35. The fraction of sp³-hybridized carbons (Fsp3) is 0.391. The van der Waals surface area contributed by atoms with E-state index in [1.54, 1.807) is 12.4 Å². The lowest BCUT2D eigenvalue weighted by Gasteiger charge is -2.39. The summed E-state index contributed by atoms with van der Waals surface area (Å²) >= 11 is 0. The summed E-state index contributed by atoms with van der Waals surface area (Å²) in [6, 6.07) is 7.88. The van der Waals surface area contributed by atoms with Crippen molar-refractivity contribution in [1.82, 2.24) is 19.9 Å². The highest BCUT2D eigenvalue weighted by atomic mass is 16.3. The first kappa shape index (κ1) is 19.3. The Bertz CT molecular complexity index is 966. The lowest BCUT2D eigenvalue weighted by atomic mass is 9.89. The van der Waals surface area contributed by atoms with E-state index in [0.29, 0.717) is 11.6 Å². The monoisotopic (exact) mass is 390 g/mol. The third-order valence-corrected chi connectivity index (χ3v) is 5.70. The molecule has 0 fully saturated rings. The number of aryl methyl sites for hydroxylation is 1. The van der Waals surface area contributed by atoms with Crippen molar-refractivity contribution in [3.8, 4) is 11.5 Å². The van der Waals surface area contributed by atoms with Crippen molar-refractivity contribution in [2.45, 2.75) is 58.0 Å². The number of fused-ring (bicyclic) bond motifs is 1. The molecule has 1 amide bonds. The van der Waals surface area contributed by atoms with Gasteiger partial charge in [-0.1, -0.05) is 19.9 Å². The zero-order chi connectivity index (χ0) is 20.2. The predicted molar refractivity (Wildman–Crippen MR) is 110 cm³/mol. The minimum Gasteiger partial charge on any atom is -0.444 e. The van der Waals surface area contributed by atoms with E-state index in [-0.39, 0.29) is 18.0 Å². The SMILES string of the molecule is CCC(CC)N(C(=O)c1coc(-c2cccnc2)n1)C1CCCc2cccnc21. The maximum atomic E-state index is 13.6. The second-order valence-electron chi connectivity index (χ2n) is 7.42. The van der Waals surface area contributed by atoms with Gasteiger partial charge in [0.25, 0.3) is 5.91 Å². The molecule has 0 N–H and O–H groups in total. The number of aromatic nitrogens is 3. The van der Waals surface area contributed by atoms with Crippen LogP contribution in [-0.2, 0) is 6.42 Å². The van der Waals surface area contributed by atoms with Crippen LogP contribution in [0.4, 0.5) is 0 Å². The van der Waals surface area contributed by atoms with Crippen molar-refractivity contribution in [3.63, 3.8) is 0 Å². The summed E-state index contributed by atoms with van der Waals surface area (Å²) < 4.78 is 5.61. The van der Waals surface area contributed by atoms with E-state index in [9.17, 15) is 4.79 Å². The van der Waals surface area contributed by atoms with Gasteiger partial charge in [0.05, 0.1) is 17.3 Å². The normalized spacial score (nSPS) is 15.9. The molecule has 1 aliphatic rings. The second-order valence-corrected chi connectivity index (χ2v) is 7.42. The fourth-order valence-electron chi connectivity index (χ4n) is 4.23. The van der Waals surface area contributed by atoms with Crippen LogP contribution in [-0.4, -0.2) is 31.8 Å². The standard InChI is InChI=1S/C23H26N4O2/c1-3-18(4-2)27(20-11-5-8-16-9-7-13-25-21(16)20)23(28)19-15-29-22(26-19)17-10-6-12-24-14-17/h6-7,9-10,12-15,18,20H,3-5,8,11H2,1-2H3. The largest absolute Gasteiger partial charge is 0.444 e. The van der Waals surface area contributed by atoms with Crippen LogP contribution in [0.15, 0.2) is 53.5 Å². The summed E-state index contributed by atoms with van der Waals surface area (Å²) in [6.45, 7) is 4.25. The molecular weight excluding hydrogens is 364 g/mol. The van der Waals surface area contributed by atoms with Crippen LogP contribution >= 0.6 is 0 Å². The van der Waals surface area contributed by atoms with Gasteiger partial charge in [0.1, 0.15) is 6.26 Å². The molecule has 3 heterocycles. The molecule has 6 nitrogen and oxygen atoms in total. The summed E-state index contributed by atoms with van der Waals surface area (Å²) in [6.07, 6.45) is 11.4. The quantitative estimate of drug-likeness (QED) is 0.602. The number of amides is 1. The molecule has 0 saturated carbocycles. The third-order valence-electron chi connectivity index (χ3n) is 5.70. The molecule has 0 aliphatic heterocycles. The molecule has 3 aromatic rings. The highest BCUT2D eigenvalue weighted by Crippen LogP contribution is 2.36. The first-order chi connectivity index (χ1) is 14.2. The number of rotatable bonds is 6. The van der Waals surface area contributed by atoms with E-state index in [4.69, 9.17) is 4.42 Å². The van der Waals surface area contributed by atoms with Crippen LogP contribution in [0.1, 0.15) is 67.3 Å². The average Bonchev–Trinajstić information content (AvgIpc) is 3.28. The van der Waals surface area contributed by atoms with Gasteiger partial charge in [0.15, 0.2) is 5.69 Å². The molecule has 0 aromatic carbocycles. The first-order valence-electron chi connectivity index (χ1n) is 10.3. The smallest absolute Gasteiger partial charge is 0.276 e. The third kappa shape index (κ3) is 3.79. The Kier molecular flexibility index (Phi) is 5.69. The maximum Gasteiger partial charge on any atom is 0.276 e. The number of hydrogen-bond acceptors (Lipinski definition) is 5. The first-order valence-corrected chi connectivity index (χ1v) is 10.3. The van der Waals surface area contributed by atoms with Gasteiger partial charge in [0.2, 0.25) is 5.89 Å². The number of hydrogen-bond donors (Lipinski definition) is 0. The molecule has 1 atom stereocenters. The van der Waals surface area contributed by atoms with Crippen LogP contribution in [0.25, 0.3) is 11.5 Å². The molecule has 0 saturated heterocycles. The van der Waals surface area contributed by atoms with Gasteiger partial charge in [-0.3, -0.25) is 14.8 Å². The van der Waals surface area contributed by atoms with Crippen molar-refractivity contribution < 1.29 is 9.21 Å². The Balaban J connectivity index is 1.70. The number of pyridine rings is 2. The molecule has 29 heavy (non-hydrogen) atoms. The van der Waals surface area contributed by atoms with Crippen molar-refractivity contribution in [2.24, 2.45) is 0 Å². The number of nitrogens with zero attached hydrogens (tertiary/aromatic N) is 4. The highest BCUT2D eigenvalue weighted by molar-refractivity contribution is 5.93. The van der Waals surface area contributed by atoms with Gasteiger partial charge >= 0.3 is 0 Å². The summed E-state index contributed by atoms with van der Waals surface area (Å²) in [5.41, 5.74) is 3.35. The van der Waals surface area contributed by atoms with E-state index in [2.05, 4.69) is 34.9 Å². The Labute approximate surface area is 171 Å². The van der Waals surface area contributed by atoms with Crippen molar-refractivity contribution in [2.75, 3.05) is 0 Å². The molecule has 3 aromatic heterocycles. The maximum absolute atomic E-state index is 13.6. The van der Waals surface area contributed by atoms with E-state index < -0.39 is 0 Å². The molecule has 0 bridgehead atoms. The summed E-state index contributed by atoms with van der Waals surface area (Å²) in [5, 5.41) is 0. The lowest BCUT2D eigenvalue weighted by Crippen LogP contribution is -2.44. The van der Waals surface area contributed by atoms with E-state index in [1.165, 1.54) is 11.8 Å². The van der Waals surface area contributed by atoms with Crippen molar-refractivity contribution in [3.05, 3.63) is 66.1 Å². The minimum atomic E-state index is -0.0962. The van der Waals surface area contributed by atoms with Gasteiger partial charge < -0.3 is 9.32 Å². The molecule has 0 radical (unpaired) electrons. The van der Waals surface area contributed by atoms with Crippen LogP contribution in [0.2, 0.25) is 0 Å². The molecular formula is C23H26N4O2. The molecule has 150 valence electrons. The van der Waals surface area contributed by atoms with Gasteiger partial charge in [0, 0.05) is 24.6 Å². The number of oxazole rings is 1. The number of carbonyl (C=O) groups excluding carboxylic acids is 1. The zero-order valence-electron chi connectivity index (χ0n) is 16.9. The number of carbonyl (C=O) groups is 1. The van der Waals surface area contributed by atoms with Gasteiger partial charge in [-0.2, -0.15) is 0 Å². The van der Waals surface area contributed by atoms with E-state index >= 15 is 0 Å². The van der Waals surface area contributed by atoms with Crippen LogP contribution < -0.4 is 0 Å². The molecule has 6 heteroatoms. The van der Waals surface area contributed by atoms with Crippen LogP contribution in [0.5, 0.6) is 0 Å². The summed E-state index contributed by atoms with van der Waals surface area (Å²) in [4.78, 5) is 28.9. The molecule has 0 spiro atoms.